The molecule has 7 nitrogen and oxygen atoms in total. The highest BCUT2D eigenvalue weighted by Crippen LogP contribution is 2.38. The molecule has 1 N–H and O–H groups in total. The number of nitrogens with zero attached hydrogens (tertiary/aromatic N) is 1. The predicted molar refractivity (Wildman–Crippen MR) is 126 cm³/mol. The minimum absolute atomic E-state index is 0.0318. The van der Waals surface area contributed by atoms with Crippen molar-refractivity contribution >= 4 is 57.1 Å². The van der Waals surface area contributed by atoms with Crippen molar-refractivity contribution in [3.8, 4) is 11.5 Å². The molecule has 3 rings (SSSR count). The lowest BCUT2D eigenvalue weighted by Gasteiger charge is -2.27. The molecule has 1 saturated heterocycles. The number of methoxy groups -OCH3 is 1. The van der Waals surface area contributed by atoms with E-state index in [-0.39, 0.29) is 11.7 Å². The van der Waals surface area contributed by atoms with E-state index in [1.807, 2.05) is 13.8 Å². The van der Waals surface area contributed by atoms with Crippen LogP contribution in [0.1, 0.15) is 31.4 Å². The number of carbonyl (C=O) groups excluding carboxylic acids is 3. The number of benzene rings is 2. The molecular weight excluding hydrogens is 500 g/mol. The van der Waals surface area contributed by atoms with Gasteiger partial charge in [-0.2, -0.15) is 0 Å². The van der Waals surface area contributed by atoms with Gasteiger partial charge in [-0.05, 0) is 77.7 Å². The van der Waals surface area contributed by atoms with Crippen LogP contribution in [0.4, 0.5) is 10.5 Å². The first-order chi connectivity index (χ1) is 15.2. The number of halogens is 2. The van der Waals surface area contributed by atoms with Crippen molar-refractivity contribution in [2.75, 3.05) is 12.0 Å². The van der Waals surface area contributed by atoms with Gasteiger partial charge in [-0.3, -0.25) is 14.9 Å². The summed E-state index contributed by atoms with van der Waals surface area (Å²) in [6.07, 6.45) is 2.18. The summed E-state index contributed by atoms with van der Waals surface area (Å²) >= 11 is 9.62. The van der Waals surface area contributed by atoms with E-state index in [1.165, 1.54) is 13.2 Å². The zero-order valence-corrected chi connectivity index (χ0v) is 20.3. The number of rotatable bonds is 6. The lowest BCUT2D eigenvalue weighted by Crippen LogP contribution is -2.54. The fourth-order valence-corrected chi connectivity index (χ4v) is 3.83. The Morgan fingerprint density at radius 3 is 2.62 bits per heavy atom. The van der Waals surface area contributed by atoms with E-state index in [1.54, 1.807) is 37.3 Å². The summed E-state index contributed by atoms with van der Waals surface area (Å²) < 4.78 is 12.0. The minimum Gasteiger partial charge on any atom is -0.493 e. The molecule has 2 aromatic carbocycles. The van der Waals surface area contributed by atoms with Gasteiger partial charge in [0.05, 0.1) is 23.4 Å². The number of imide groups is 2. The predicted octanol–water partition coefficient (Wildman–Crippen LogP) is 5.26. The maximum Gasteiger partial charge on any atom is 0.335 e. The molecule has 1 atom stereocenters. The van der Waals surface area contributed by atoms with Crippen molar-refractivity contribution in [1.29, 1.82) is 0 Å². The average Bonchev–Trinajstić information content (AvgIpc) is 2.75. The Balaban J connectivity index is 2.04. The summed E-state index contributed by atoms with van der Waals surface area (Å²) in [5.74, 6) is -0.575. The molecule has 0 radical (unpaired) electrons. The van der Waals surface area contributed by atoms with Crippen molar-refractivity contribution < 1.29 is 23.9 Å². The van der Waals surface area contributed by atoms with Gasteiger partial charge in [0.1, 0.15) is 5.57 Å². The third-order valence-electron chi connectivity index (χ3n) is 5.04. The molecule has 1 fully saturated rings. The summed E-state index contributed by atoms with van der Waals surface area (Å²) in [4.78, 5) is 39.0. The molecule has 0 aromatic heterocycles. The molecule has 0 bridgehead atoms. The number of urea groups is 1. The highest BCUT2D eigenvalue weighted by Gasteiger charge is 2.37. The van der Waals surface area contributed by atoms with Crippen molar-refractivity contribution in [1.82, 2.24) is 5.32 Å². The van der Waals surface area contributed by atoms with E-state index in [9.17, 15) is 14.4 Å². The van der Waals surface area contributed by atoms with Crippen LogP contribution in [0.5, 0.6) is 11.5 Å². The summed E-state index contributed by atoms with van der Waals surface area (Å²) in [6, 6.07) is 7.40. The van der Waals surface area contributed by atoms with Crippen molar-refractivity contribution in [3.05, 3.63) is 56.5 Å². The fraction of sp³-hybridized carbons (Fsp3) is 0.261. The summed E-state index contributed by atoms with van der Waals surface area (Å²) in [5, 5.41) is 2.61. The van der Waals surface area contributed by atoms with Gasteiger partial charge >= 0.3 is 6.03 Å². The van der Waals surface area contributed by atoms with Crippen LogP contribution in [-0.4, -0.2) is 31.1 Å². The topological polar surface area (TPSA) is 84.9 Å². The molecule has 1 aliphatic rings. The molecule has 0 unspecified atom stereocenters. The number of hydrogen-bond donors (Lipinski definition) is 1. The maximum atomic E-state index is 13.2. The Morgan fingerprint density at radius 1 is 1.25 bits per heavy atom. The quantitative estimate of drug-likeness (QED) is 0.414. The van der Waals surface area contributed by atoms with Crippen molar-refractivity contribution in [2.45, 2.75) is 33.3 Å². The van der Waals surface area contributed by atoms with Crippen LogP contribution in [0.25, 0.3) is 6.08 Å². The number of barbiturate groups is 1. The highest BCUT2D eigenvalue weighted by molar-refractivity contribution is 9.10. The zero-order valence-electron chi connectivity index (χ0n) is 18.0. The molecule has 4 amide bonds. The number of nitrogens with one attached hydrogen (secondary N) is 1. The van der Waals surface area contributed by atoms with Crippen LogP contribution in [0.2, 0.25) is 5.02 Å². The monoisotopic (exact) mass is 520 g/mol. The Kier molecular flexibility index (Phi) is 7.26. The normalized spacial score (nSPS) is 16.2. The molecule has 0 saturated carbocycles. The number of ether oxygens (including phenoxy) is 2. The lowest BCUT2D eigenvalue weighted by atomic mass is 10.1. The van der Waals surface area contributed by atoms with Crippen LogP contribution < -0.4 is 19.7 Å². The number of anilines is 1. The van der Waals surface area contributed by atoms with Gasteiger partial charge in [0, 0.05) is 5.02 Å². The first kappa shape index (κ1) is 23.8. The van der Waals surface area contributed by atoms with Gasteiger partial charge in [-0.15, -0.1) is 0 Å². The van der Waals surface area contributed by atoms with Crippen LogP contribution in [0.15, 0.2) is 40.4 Å². The van der Waals surface area contributed by atoms with Gasteiger partial charge in [-0.25, -0.2) is 9.69 Å². The van der Waals surface area contributed by atoms with E-state index < -0.39 is 17.8 Å². The number of carbonyl (C=O) groups is 3. The largest absolute Gasteiger partial charge is 0.493 e. The average molecular weight is 522 g/mol. The van der Waals surface area contributed by atoms with E-state index in [4.69, 9.17) is 21.1 Å². The zero-order chi connectivity index (χ0) is 23.6. The second-order valence-corrected chi connectivity index (χ2v) is 8.47. The van der Waals surface area contributed by atoms with Gasteiger partial charge < -0.3 is 9.47 Å². The van der Waals surface area contributed by atoms with Gasteiger partial charge in [0.15, 0.2) is 11.5 Å². The lowest BCUT2D eigenvalue weighted by molar-refractivity contribution is -0.122. The van der Waals surface area contributed by atoms with E-state index >= 15 is 0 Å². The molecular formula is C23H22BrClN2O5. The highest BCUT2D eigenvalue weighted by atomic mass is 79.9. The molecule has 32 heavy (non-hydrogen) atoms. The Labute approximate surface area is 199 Å². The molecule has 1 aliphatic heterocycles. The molecule has 9 heteroatoms. The molecule has 1 heterocycles. The Hall–Kier alpha value is -2.84. The van der Waals surface area contributed by atoms with E-state index in [0.29, 0.717) is 37.8 Å². The molecule has 2 aromatic rings. The third kappa shape index (κ3) is 4.66. The molecule has 168 valence electrons. The van der Waals surface area contributed by atoms with E-state index in [2.05, 4.69) is 21.2 Å². The van der Waals surface area contributed by atoms with Crippen LogP contribution in [-0.2, 0) is 9.59 Å². The van der Waals surface area contributed by atoms with Crippen LogP contribution in [0.3, 0.4) is 0 Å². The fourth-order valence-electron chi connectivity index (χ4n) is 3.10. The molecule has 0 spiro atoms. The van der Waals surface area contributed by atoms with Crippen LogP contribution in [0, 0.1) is 6.92 Å². The summed E-state index contributed by atoms with van der Waals surface area (Å²) in [5.41, 5.74) is 1.16. The van der Waals surface area contributed by atoms with Gasteiger partial charge in [0.2, 0.25) is 0 Å². The number of hydrogen-bond acceptors (Lipinski definition) is 5. The van der Waals surface area contributed by atoms with Crippen molar-refractivity contribution in [2.24, 2.45) is 0 Å². The van der Waals surface area contributed by atoms with Crippen molar-refractivity contribution in [3.63, 3.8) is 0 Å². The first-order valence-electron chi connectivity index (χ1n) is 9.88. The number of amides is 4. The van der Waals surface area contributed by atoms with Gasteiger partial charge in [-0.1, -0.05) is 24.6 Å². The maximum absolute atomic E-state index is 13.2. The first-order valence-corrected chi connectivity index (χ1v) is 11.1. The Bertz CT molecular complexity index is 1130. The van der Waals surface area contributed by atoms with Crippen LogP contribution >= 0.6 is 27.5 Å². The van der Waals surface area contributed by atoms with E-state index in [0.717, 1.165) is 11.3 Å². The summed E-state index contributed by atoms with van der Waals surface area (Å²) in [6.45, 7) is 5.64. The minimum atomic E-state index is -0.835. The van der Waals surface area contributed by atoms with Gasteiger partial charge in [0.25, 0.3) is 11.8 Å². The third-order valence-corrected chi connectivity index (χ3v) is 6.04. The second kappa shape index (κ2) is 9.75. The Morgan fingerprint density at radius 2 is 1.97 bits per heavy atom. The smallest absolute Gasteiger partial charge is 0.335 e. The SMILES string of the molecule is CC[C@@H](C)Oc1c(Br)cc(/C=C2\C(=O)NC(=O)N(c3cccc(Cl)c3C)C2=O)cc1OC. The molecule has 0 aliphatic carbocycles. The summed E-state index contributed by atoms with van der Waals surface area (Å²) in [7, 11) is 1.50. The second-order valence-electron chi connectivity index (χ2n) is 7.21. The standard InChI is InChI=1S/C23H22BrClN2O5/c1-5-12(2)32-20-16(24)10-14(11-19(20)31-4)9-15-21(28)26-23(30)27(22(15)29)18-8-6-7-17(25)13(18)3/h6-12H,5H2,1-4H3,(H,26,28,30)/b15-9+/t12-/m1/s1.